The Balaban J connectivity index is 1.50. The predicted molar refractivity (Wildman–Crippen MR) is 143 cm³/mol. The number of ketones is 1. The van der Waals surface area contributed by atoms with E-state index in [2.05, 4.69) is 0 Å². The molecule has 214 valence electrons. The first-order valence-corrected chi connectivity index (χ1v) is 13.0. The Morgan fingerprint density at radius 1 is 0.810 bits per heavy atom. The fourth-order valence-electron chi connectivity index (χ4n) is 6.07. The Hall–Kier alpha value is -5.13. The summed E-state index contributed by atoms with van der Waals surface area (Å²) in [6, 6.07) is 14.9. The molecule has 3 aliphatic rings. The number of aromatic hydroxyl groups is 5. The highest BCUT2D eigenvalue weighted by Gasteiger charge is 2.72. The quantitative estimate of drug-likeness (QED) is 0.212. The van der Waals surface area contributed by atoms with Crippen LogP contribution in [-0.2, 0) is 22.5 Å². The summed E-state index contributed by atoms with van der Waals surface area (Å²) in [7, 11) is 1.48. The van der Waals surface area contributed by atoms with E-state index in [9.17, 15) is 35.4 Å². The first-order chi connectivity index (χ1) is 20.1. The highest BCUT2D eigenvalue weighted by atomic mass is 16.7. The number of phenols is 5. The summed E-state index contributed by atoms with van der Waals surface area (Å²) >= 11 is 0. The molecule has 0 amide bonds. The minimum atomic E-state index is -2.70. The van der Waals surface area contributed by atoms with Gasteiger partial charge in [0.05, 0.1) is 5.56 Å². The first kappa shape index (κ1) is 25.8. The first-order valence-electron chi connectivity index (χ1n) is 13.0. The molecule has 7 rings (SSSR count). The van der Waals surface area contributed by atoms with Crippen LogP contribution in [0.3, 0.4) is 0 Å². The Bertz CT molecular complexity index is 1770. The van der Waals surface area contributed by atoms with Crippen molar-refractivity contribution in [1.82, 2.24) is 0 Å². The van der Waals surface area contributed by atoms with Crippen molar-refractivity contribution in [2.75, 3.05) is 7.11 Å². The van der Waals surface area contributed by atoms with Crippen molar-refractivity contribution in [2.24, 2.45) is 0 Å². The summed E-state index contributed by atoms with van der Waals surface area (Å²) in [6.45, 7) is 0. The second-order valence-corrected chi connectivity index (χ2v) is 10.4. The minimum Gasteiger partial charge on any atom is -0.508 e. The van der Waals surface area contributed by atoms with Gasteiger partial charge in [-0.15, -0.1) is 0 Å². The SMILES string of the molecule is CO[C@@H]1Cc2c(O)cc3c(c2O[C@H]1c1ccc(O)cc1)[C@]1(O)C(=O)c2c(O)cc(O)cc2O[C@]1(c1ccc(O)cc1)O3. The van der Waals surface area contributed by atoms with Crippen LogP contribution in [-0.4, -0.2) is 49.6 Å². The molecule has 3 heterocycles. The number of fused-ring (bicyclic) bond motifs is 6. The molecule has 0 saturated carbocycles. The number of carbonyl (C=O) groups is 1. The molecule has 0 fully saturated rings. The number of benzene rings is 4. The van der Waals surface area contributed by atoms with E-state index in [-0.39, 0.29) is 57.6 Å². The molecule has 3 aliphatic heterocycles. The lowest BCUT2D eigenvalue weighted by molar-refractivity contribution is -0.218. The average Bonchev–Trinajstić information content (AvgIpc) is 3.22. The van der Waals surface area contributed by atoms with Gasteiger partial charge in [0.1, 0.15) is 57.7 Å². The largest absolute Gasteiger partial charge is 0.508 e. The number of methoxy groups -OCH3 is 1. The van der Waals surface area contributed by atoms with Crippen molar-refractivity contribution in [2.45, 2.75) is 30.0 Å². The molecule has 0 aromatic heterocycles. The van der Waals surface area contributed by atoms with Crippen LogP contribution in [0, 0.1) is 0 Å². The van der Waals surface area contributed by atoms with Crippen LogP contribution in [0.5, 0.6) is 46.0 Å². The van der Waals surface area contributed by atoms with Gasteiger partial charge in [-0.1, -0.05) is 12.1 Å². The van der Waals surface area contributed by atoms with Gasteiger partial charge in [0, 0.05) is 42.9 Å². The molecule has 6 N–H and O–H groups in total. The molecule has 11 heteroatoms. The number of phenolic OH excluding ortho intramolecular Hbond substituents is 5. The Morgan fingerprint density at radius 3 is 2.12 bits per heavy atom. The lowest BCUT2D eigenvalue weighted by Gasteiger charge is -2.44. The maximum absolute atomic E-state index is 14.4. The third-order valence-corrected chi connectivity index (χ3v) is 8.05. The van der Waals surface area contributed by atoms with E-state index in [0.29, 0.717) is 5.56 Å². The topological polar surface area (TPSA) is 175 Å². The van der Waals surface area contributed by atoms with E-state index >= 15 is 0 Å². The molecule has 42 heavy (non-hydrogen) atoms. The van der Waals surface area contributed by atoms with E-state index in [0.717, 1.165) is 12.1 Å². The van der Waals surface area contributed by atoms with E-state index < -0.39 is 46.4 Å². The molecular weight excluding hydrogens is 548 g/mol. The number of carbonyl (C=O) groups excluding carboxylic acids is 1. The van der Waals surface area contributed by atoms with Crippen LogP contribution in [0.25, 0.3) is 0 Å². The molecule has 0 spiro atoms. The van der Waals surface area contributed by atoms with E-state index in [1.54, 1.807) is 12.1 Å². The normalized spacial score (nSPS) is 25.2. The number of rotatable bonds is 3. The van der Waals surface area contributed by atoms with Gasteiger partial charge in [0.15, 0.2) is 6.10 Å². The summed E-state index contributed by atoms with van der Waals surface area (Å²) in [6.07, 6.45) is -1.28. The second kappa shape index (κ2) is 8.68. The fourth-order valence-corrected chi connectivity index (χ4v) is 6.07. The van der Waals surface area contributed by atoms with Crippen molar-refractivity contribution in [3.63, 3.8) is 0 Å². The van der Waals surface area contributed by atoms with E-state index in [1.165, 1.54) is 49.6 Å². The zero-order chi connectivity index (χ0) is 29.6. The fraction of sp³-hybridized carbons (Fsp3) is 0.194. The van der Waals surface area contributed by atoms with E-state index in [1.807, 2.05) is 0 Å². The lowest BCUT2D eigenvalue weighted by atomic mass is 9.74. The molecule has 4 atom stereocenters. The average molecular weight is 573 g/mol. The number of aliphatic hydroxyl groups is 1. The zero-order valence-corrected chi connectivity index (χ0v) is 21.9. The number of Topliss-reactive ketones (excluding diaryl/α,β-unsaturated/α-hetero) is 1. The smallest absolute Gasteiger partial charge is 0.319 e. The highest BCUT2D eigenvalue weighted by Crippen LogP contribution is 2.64. The summed E-state index contributed by atoms with van der Waals surface area (Å²) in [5.41, 5.74) is -2.29. The van der Waals surface area contributed by atoms with Crippen molar-refractivity contribution in [3.8, 4) is 46.0 Å². The second-order valence-electron chi connectivity index (χ2n) is 10.4. The molecule has 11 nitrogen and oxygen atoms in total. The van der Waals surface area contributed by atoms with Crippen molar-refractivity contribution < 1.29 is 54.4 Å². The Morgan fingerprint density at radius 2 is 1.45 bits per heavy atom. The third kappa shape index (κ3) is 3.31. The molecule has 4 aromatic carbocycles. The number of hydrogen-bond acceptors (Lipinski definition) is 11. The van der Waals surface area contributed by atoms with E-state index in [4.69, 9.17) is 18.9 Å². The van der Waals surface area contributed by atoms with Crippen molar-refractivity contribution in [3.05, 3.63) is 94.5 Å². The Labute approximate surface area is 238 Å². The van der Waals surface area contributed by atoms with Gasteiger partial charge < -0.3 is 49.6 Å². The van der Waals surface area contributed by atoms with Gasteiger partial charge in [-0.2, -0.15) is 0 Å². The summed E-state index contributed by atoms with van der Waals surface area (Å²) in [5.74, 6) is -5.12. The van der Waals surface area contributed by atoms with Crippen LogP contribution in [0.2, 0.25) is 0 Å². The Kier molecular flexibility index (Phi) is 5.34. The standard InChI is InChI=1S/C31H24O11/c1-39-24-12-19-20(35)13-23-26(28(19)40-27(24)14-2-6-16(32)7-3-14)30(38)29(37)25-21(36)10-18(34)11-22(25)41-31(30,42-23)15-4-8-17(33)9-5-15/h2-11,13,24,27,32-36,38H,12H2,1H3/t24-,27+,30+,31-/m1/s1. The summed E-state index contributed by atoms with van der Waals surface area (Å²) < 4.78 is 24.6. The van der Waals surface area contributed by atoms with Gasteiger partial charge >= 0.3 is 5.79 Å². The van der Waals surface area contributed by atoms with Gasteiger partial charge in [-0.25, -0.2) is 0 Å². The maximum atomic E-state index is 14.4. The van der Waals surface area contributed by atoms with Crippen LogP contribution in [0.1, 0.15) is 38.7 Å². The van der Waals surface area contributed by atoms with Gasteiger partial charge in [-0.3, -0.25) is 4.79 Å². The molecular formula is C31H24O11. The van der Waals surface area contributed by atoms with Crippen LogP contribution in [0.15, 0.2) is 66.7 Å². The summed E-state index contributed by atoms with van der Waals surface area (Å²) in [5, 5.41) is 64.3. The third-order valence-electron chi connectivity index (χ3n) is 8.05. The lowest BCUT2D eigenvalue weighted by Crippen LogP contribution is -2.60. The molecule has 0 radical (unpaired) electrons. The van der Waals surface area contributed by atoms with Crippen LogP contribution < -0.4 is 14.2 Å². The molecule has 0 aliphatic carbocycles. The number of hydrogen-bond donors (Lipinski definition) is 6. The van der Waals surface area contributed by atoms with Gasteiger partial charge in [0.2, 0.25) is 11.4 Å². The molecule has 0 saturated heterocycles. The van der Waals surface area contributed by atoms with Crippen molar-refractivity contribution >= 4 is 5.78 Å². The predicted octanol–water partition coefficient (Wildman–Crippen LogP) is 3.61. The zero-order valence-electron chi connectivity index (χ0n) is 21.9. The van der Waals surface area contributed by atoms with Gasteiger partial charge in [-0.05, 0) is 42.0 Å². The monoisotopic (exact) mass is 572 g/mol. The molecule has 4 aromatic rings. The van der Waals surface area contributed by atoms with Crippen LogP contribution in [0.4, 0.5) is 0 Å². The molecule has 0 bridgehead atoms. The number of ether oxygens (including phenoxy) is 4. The highest BCUT2D eigenvalue weighted by molar-refractivity contribution is 6.10. The van der Waals surface area contributed by atoms with Gasteiger partial charge in [0.25, 0.3) is 0 Å². The minimum absolute atomic E-state index is 0.0401. The van der Waals surface area contributed by atoms with Crippen LogP contribution >= 0.6 is 0 Å². The summed E-state index contributed by atoms with van der Waals surface area (Å²) in [4.78, 5) is 14.4. The maximum Gasteiger partial charge on any atom is 0.319 e. The van der Waals surface area contributed by atoms with Crippen molar-refractivity contribution in [1.29, 1.82) is 0 Å². The molecule has 0 unspecified atom stereocenters.